The fourth-order valence-electron chi connectivity index (χ4n) is 1.29. The minimum atomic E-state index is -1.40. The van der Waals surface area contributed by atoms with Crippen molar-refractivity contribution in [3.8, 4) is 0 Å². The topological polar surface area (TPSA) is 14.1 Å². The zero-order valence-corrected chi connectivity index (χ0v) is 6.07. The van der Waals surface area contributed by atoms with Gasteiger partial charge >= 0.3 is 0 Å². The van der Waals surface area contributed by atoms with Gasteiger partial charge in [0.05, 0.1) is 5.69 Å². The number of hydrogen-bond acceptors (Lipinski definition) is 0. The van der Waals surface area contributed by atoms with Gasteiger partial charge in [-0.05, 0) is 6.42 Å². The van der Waals surface area contributed by atoms with Crippen LogP contribution in [0.15, 0.2) is 6.07 Å². The summed E-state index contributed by atoms with van der Waals surface area (Å²) in [5.74, 6) is -3.66. The Bertz CT molecular complexity index is 336. The molecule has 2 rings (SSSR count). The van der Waals surface area contributed by atoms with Gasteiger partial charge in [-0.25, -0.2) is 13.2 Å². The van der Waals surface area contributed by atoms with Crippen LogP contribution in [0, 0.1) is 17.5 Å². The second-order valence-electron chi connectivity index (χ2n) is 2.62. The molecule has 0 fully saturated rings. The van der Waals surface area contributed by atoms with Crippen molar-refractivity contribution in [3.63, 3.8) is 0 Å². The molecule has 1 nitrogen and oxygen atoms in total. The smallest absolute Gasteiger partial charge is 0.194 e. The van der Waals surface area contributed by atoms with E-state index < -0.39 is 17.5 Å². The van der Waals surface area contributed by atoms with Crippen molar-refractivity contribution >= 4 is 5.69 Å². The van der Waals surface area contributed by atoms with E-state index in [-0.39, 0.29) is 11.3 Å². The summed E-state index contributed by atoms with van der Waals surface area (Å²) in [5, 5.41) is 3.82. The summed E-state index contributed by atoms with van der Waals surface area (Å²) in [5.41, 5.74) is 0.431. The maximum atomic E-state index is 12.9. The van der Waals surface area contributed by atoms with E-state index in [0.29, 0.717) is 13.0 Å². The molecule has 0 amide bonds. The standard InChI is InChI=1S/C8H5F3N/c9-5-3-6-4(1-2-12-6)7(10)8(5)11/h3H,1-2H2. The van der Waals surface area contributed by atoms with Crippen LogP contribution >= 0.6 is 0 Å². The normalized spacial score (nSPS) is 14.2. The molecular weight excluding hydrogens is 167 g/mol. The first-order valence-electron chi connectivity index (χ1n) is 3.54. The molecule has 1 aliphatic heterocycles. The zero-order valence-electron chi connectivity index (χ0n) is 6.07. The van der Waals surface area contributed by atoms with Crippen molar-refractivity contribution in [3.05, 3.63) is 29.1 Å². The summed E-state index contributed by atoms with van der Waals surface area (Å²) in [7, 11) is 0. The molecule has 0 saturated carbocycles. The first-order valence-corrected chi connectivity index (χ1v) is 3.54. The lowest BCUT2D eigenvalue weighted by molar-refractivity contribution is 0.443. The molecule has 1 aromatic carbocycles. The van der Waals surface area contributed by atoms with Crippen LogP contribution in [0.1, 0.15) is 5.56 Å². The molecule has 12 heavy (non-hydrogen) atoms. The van der Waals surface area contributed by atoms with E-state index in [1.54, 1.807) is 0 Å². The van der Waals surface area contributed by atoms with Crippen LogP contribution in [0.5, 0.6) is 0 Å². The van der Waals surface area contributed by atoms with Crippen LogP contribution in [0.3, 0.4) is 0 Å². The Morgan fingerprint density at radius 2 is 1.92 bits per heavy atom. The molecule has 1 aromatic rings. The van der Waals surface area contributed by atoms with Crippen LogP contribution in [0.4, 0.5) is 18.9 Å². The van der Waals surface area contributed by atoms with Crippen molar-refractivity contribution < 1.29 is 13.2 Å². The van der Waals surface area contributed by atoms with Crippen LogP contribution in [0.25, 0.3) is 0 Å². The fourth-order valence-corrected chi connectivity index (χ4v) is 1.29. The van der Waals surface area contributed by atoms with Gasteiger partial charge < -0.3 is 0 Å². The highest BCUT2D eigenvalue weighted by Gasteiger charge is 2.22. The molecular formula is C8H5F3N. The van der Waals surface area contributed by atoms with E-state index in [9.17, 15) is 13.2 Å². The van der Waals surface area contributed by atoms with Crippen molar-refractivity contribution in [1.82, 2.24) is 5.32 Å². The van der Waals surface area contributed by atoms with Gasteiger partial charge in [-0.1, -0.05) is 0 Å². The second-order valence-corrected chi connectivity index (χ2v) is 2.62. The van der Waals surface area contributed by atoms with Gasteiger partial charge in [0, 0.05) is 18.2 Å². The molecule has 0 spiro atoms. The number of hydrogen-bond donors (Lipinski definition) is 0. The Morgan fingerprint density at radius 3 is 2.67 bits per heavy atom. The van der Waals surface area contributed by atoms with Gasteiger partial charge in [-0.15, -0.1) is 0 Å². The maximum absolute atomic E-state index is 12.9. The molecule has 0 atom stereocenters. The van der Waals surface area contributed by atoms with E-state index in [0.717, 1.165) is 6.07 Å². The predicted molar refractivity (Wildman–Crippen MR) is 36.7 cm³/mol. The van der Waals surface area contributed by atoms with E-state index in [4.69, 9.17) is 0 Å². The molecule has 1 heterocycles. The average molecular weight is 172 g/mol. The third kappa shape index (κ3) is 0.873. The number of fused-ring (bicyclic) bond motifs is 1. The largest absolute Gasteiger partial charge is 0.285 e. The summed E-state index contributed by atoms with van der Waals surface area (Å²) >= 11 is 0. The summed E-state index contributed by atoms with van der Waals surface area (Å²) in [6.07, 6.45) is 0.359. The molecule has 4 heteroatoms. The van der Waals surface area contributed by atoms with Gasteiger partial charge in [0.1, 0.15) is 0 Å². The Hall–Kier alpha value is -1.19. The highest BCUT2D eigenvalue weighted by molar-refractivity contribution is 5.49. The molecule has 1 aliphatic rings. The molecule has 0 N–H and O–H groups in total. The molecule has 0 aliphatic carbocycles. The first-order chi connectivity index (χ1) is 5.70. The van der Waals surface area contributed by atoms with Gasteiger partial charge in [-0.3, -0.25) is 5.32 Å². The van der Waals surface area contributed by atoms with Gasteiger partial charge in [-0.2, -0.15) is 0 Å². The first kappa shape index (κ1) is 7.46. The lowest BCUT2D eigenvalue weighted by Crippen LogP contribution is -1.95. The lowest BCUT2D eigenvalue weighted by atomic mass is 10.1. The molecule has 63 valence electrons. The third-order valence-electron chi connectivity index (χ3n) is 1.88. The molecule has 1 radical (unpaired) electrons. The number of rotatable bonds is 0. The number of nitrogens with zero attached hydrogens (tertiary/aromatic N) is 1. The van der Waals surface area contributed by atoms with Crippen LogP contribution in [0.2, 0.25) is 0 Å². The van der Waals surface area contributed by atoms with Crippen LogP contribution in [-0.2, 0) is 6.42 Å². The fraction of sp³-hybridized carbons (Fsp3) is 0.250. The predicted octanol–water partition coefficient (Wildman–Crippen LogP) is 1.90. The van der Waals surface area contributed by atoms with Gasteiger partial charge in [0.15, 0.2) is 17.5 Å². The molecule has 0 aromatic heterocycles. The van der Waals surface area contributed by atoms with Crippen molar-refractivity contribution in [2.75, 3.05) is 6.54 Å². The van der Waals surface area contributed by atoms with Gasteiger partial charge in [0.25, 0.3) is 0 Å². The molecule has 0 bridgehead atoms. The van der Waals surface area contributed by atoms with E-state index in [2.05, 4.69) is 5.32 Å². The second kappa shape index (κ2) is 2.40. The summed E-state index contributed by atoms with van der Waals surface area (Å²) in [4.78, 5) is 0. The minimum absolute atomic E-state index is 0.189. The molecule has 0 saturated heterocycles. The number of benzene rings is 1. The van der Waals surface area contributed by atoms with E-state index >= 15 is 0 Å². The minimum Gasteiger partial charge on any atom is -0.285 e. The Morgan fingerprint density at radius 1 is 1.17 bits per heavy atom. The lowest BCUT2D eigenvalue weighted by Gasteiger charge is -2.00. The van der Waals surface area contributed by atoms with E-state index in [1.807, 2.05) is 0 Å². The van der Waals surface area contributed by atoms with E-state index in [1.165, 1.54) is 0 Å². The Kier molecular flexibility index (Phi) is 1.49. The Balaban J connectivity index is 2.67. The number of halogens is 3. The van der Waals surface area contributed by atoms with Crippen molar-refractivity contribution in [1.29, 1.82) is 0 Å². The summed E-state index contributed by atoms with van der Waals surface area (Å²) in [6.45, 7) is 0.412. The SMILES string of the molecule is Fc1cc2c(c(F)c1F)CC[N]2. The average Bonchev–Trinajstić information content (AvgIpc) is 2.48. The monoisotopic (exact) mass is 172 g/mol. The third-order valence-corrected chi connectivity index (χ3v) is 1.88. The van der Waals surface area contributed by atoms with Crippen LogP contribution < -0.4 is 5.32 Å². The zero-order chi connectivity index (χ0) is 8.72. The molecule has 0 unspecified atom stereocenters. The van der Waals surface area contributed by atoms with Crippen molar-refractivity contribution in [2.24, 2.45) is 0 Å². The summed E-state index contributed by atoms with van der Waals surface area (Å²) in [6, 6.07) is 0.931. The van der Waals surface area contributed by atoms with Gasteiger partial charge in [0.2, 0.25) is 0 Å². The quantitative estimate of drug-likeness (QED) is 0.530. The highest BCUT2D eigenvalue weighted by atomic mass is 19.2. The van der Waals surface area contributed by atoms with Crippen molar-refractivity contribution in [2.45, 2.75) is 6.42 Å². The summed E-state index contributed by atoms with van der Waals surface area (Å²) < 4.78 is 38.0. The highest BCUT2D eigenvalue weighted by Crippen LogP contribution is 2.28. The van der Waals surface area contributed by atoms with Crippen LogP contribution in [-0.4, -0.2) is 6.54 Å². The maximum Gasteiger partial charge on any atom is 0.194 e. The Labute approximate surface area is 67.2 Å².